The molecule has 4 nitrogen and oxygen atoms in total. The Kier molecular flexibility index (Phi) is 4.67. The lowest BCUT2D eigenvalue weighted by molar-refractivity contribution is -0.141. The summed E-state index contributed by atoms with van der Waals surface area (Å²) < 4.78 is 43.9. The van der Waals surface area contributed by atoms with E-state index < -0.39 is 11.9 Å². The smallest absolute Gasteiger partial charge is 0.433 e. The average Bonchev–Trinajstić information content (AvgIpc) is 2.35. The fourth-order valence-corrected chi connectivity index (χ4v) is 2.02. The normalized spacial score (nSPS) is 11.4. The van der Waals surface area contributed by atoms with E-state index in [2.05, 4.69) is 9.97 Å². The molecule has 9 heteroatoms. The Hall–Kier alpha value is -1.73. The number of aromatic nitrogens is 2. The molecule has 0 atom stereocenters. The van der Waals surface area contributed by atoms with E-state index in [1.807, 2.05) is 0 Å². The third kappa shape index (κ3) is 4.14. The van der Waals surface area contributed by atoms with Gasteiger partial charge in [0, 0.05) is 30.2 Å². The van der Waals surface area contributed by atoms with Crippen molar-refractivity contribution in [3.05, 3.63) is 40.0 Å². The largest absolute Gasteiger partial charge is 0.439 e. The third-order valence-electron chi connectivity index (χ3n) is 2.44. The molecule has 0 saturated heterocycles. The molecule has 2 rings (SSSR count). The molecule has 1 heterocycles. The second-order valence-corrected chi connectivity index (χ2v) is 5.36. The molecule has 0 fully saturated rings. The summed E-state index contributed by atoms with van der Waals surface area (Å²) in [5, 5.41) is 0.584. The Balaban J connectivity index is 2.43. The first kappa shape index (κ1) is 16.6. The molecule has 1 aromatic heterocycles. The Bertz CT molecular complexity index is 672. The SMILES string of the molecule is CN(C)c1nc(Oc2cc(Cl)cc(Cl)c2)cc(C(F)(F)F)n1. The molecular formula is C13H10Cl2F3N3O. The van der Waals surface area contributed by atoms with E-state index in [1.54, 1.807) is 0 Å². The summed E-state index contributed by atoms with van der Waals surface area (Å²) >= 11 is 11.6. The van der Waals surface area contributed by atoms with Gasteiger partial charge in [0.05, 0.1) is 0 Å². The Labute approximate surface area is 134 Å². The molecule has 0 N–H and O–H groups in total. The molecule has 0 aliphatic heterocycles. The average molecular weight is 352 g/mol. The van der Waals surface area contributed by atoms with Gasteiger partial charge in [-0.3, -0.25) is 0 Å². The minimum absolute atomic E-state index is 0.127. The van der Waals surface area contributed by atoms with Crippen molar-refractivity contribution in [1.82, 2.24) is 9.97 Å². The fraction of sp³-hybridized carbons (Fsp3) is 0.231. The highest BCUT2D eigenvalue weighted by atomic mass is 35.5. The molecule has 0 aliphatic rings. The Morgan fingerprint density at radius 3 is 2.09 bits per heavy atom. The maximum absolute atomic E-state index is 12.9. The third-order valence-corrected chi connectivity index (χ3v) is 2.88. The van der Waals surface area contributed by atoms with Crippen LogP contribution in [-0.4, -0.2) is 24.1 Å². The minimum Gasteiger partial charge on any atom is -0.439 e. The molecule has 0 amide bonds. The van der Waals surface area contributed by atoms with Crippen molar-refractivity contribution in [2.45, 2.75) is 6.18 Å². The zero-order chi connectivity index (χ0) is 16.5. The van der Waals surface area contributed by atoms with Crippen LogP contribution in [0.4, 0.5) is 19.1 Å². The first-order valence-corrected chi connectivity index (χ1v) is 6.68. The quantitative estimate of drug-likeness (QED) is 0.805. The molecule has 0 saturated carbocycles. The summed E-state index contributed by atoms with van der Waals surface area (Å²) in [6, 6.07) is 5.01. The fourth-order valence-electron chi connectivity index (χ4n) is 1.52. The van der Waals surface area contributed by atoms with E-state index in [0.29, 0.717) is 16.1 Å². The predicted octanol–water partition coefficient (Wildman–Crippen LogP) is 4.66. The summed E-state index contributed by atoms with van der Waals surface area (Å²) in [6.07, 6.45) is -4.61. The van der Waals surface area contributed by atoms with Gasteiger partial charge in [-0.1, -0.05) is 23.2 Å². The van der Waals surface area contributed by atoms with Crippen LogP contribution in [-0.2, 0) is 6.18 Å². The topological polar surface area (TPSA) is 38.2 Å². The maximum atomic E-state index is 12.9. The van der Waals surface area contributed by atoms with Crippen molar-refractivity contribution < 1.29 is 17.9 Å². The van der Waals surface area contributed by atoms with Gasteiger partial charge in [0.25, 0.3) is 0 Å². The minimum atomic E-state index is -4.61. The number of ether oxygens (including phenoxy) is 1. The van der Waals surface area contributed by atoms with Crippen molar-refractivity contribution in [3.63, 3.8) is 0 Å². The van der Waals surface area contributed by atoms with Crippen LogP contribution in [0.3, 0.4) is 0 Å². The highest BCUT2D eigenvalue weighted by Crippen LogP contribution is 2.33. The van der Waals surface area contributed by atoms with Crippen molar-refractivity contribution in [1.29, 1.82) is 0 Å². The van der Waals surface area contributed by atoms with Gasteiger partial charge in [-0.15, -0.1) is 0 Å². The van der Waals surface area contributed by atoms with Gasteiger partial charge in [-0.05, 0) is 18.2 Å². The van der Waals surface area contributed by atoms with Gasteiger partial charge in [-0.25, -0.2) is 4.98 Å². The Morgan fingerprint density at radius 1 is 1.00 bits per heavy atom. The lowest BCUT2D eigenvalue weighted by Gasteiger charge is -2.15. The maximum Gasteiger partial charge on any atom is 0.433 e. The highest BCUT2D eigenvalue weighted by Gasteiger charge is 2.34. The van der Waals surface area contributed by atoms with E-state index in [1.165, 1.54) is 37.2 Å². The van der Waals surface area contributed by atoms with Crippen LogP contribution < -0.4 is 9.64 Å². The first-order chi connectivity index (χ1) is 10.1. The monoisotopic (exact) mass is 351 g/mol. The van der Waals surface area contributed by atoms with Gasteiger partial charge in [0.15, 0.2) is 5.69 Å². The number of hydrogen-bond acceptors (Lipinski definition) is 4. The van der Waals surface area contributed by atoms with Crippen molar-refractivity contribution >= 4 is 29.2 Å². The number of alkyl halides is 3. The molecular weight excluding hydrogens is 342 g/mol. The molecule has 0 aliphatic carbocycles. The Morgan fingerprint density at radius 2 is 1.59 bits per heavy atom. The van der Waals surface area contributed by atoms with E-state index >= 15 is 0 Å². The zero-order valence-electron chi connectivity index (χ0n) is 11.4. The number of rotatable bonds is 3. The van der Waals surface area contributed by atoms with Crippen LogP contribution in [0.25, 0.3) is 0 Å². The van der Waals surface area contributed by atoms with E-state index in [4.69, 9.17) is 27.9 Å². The van der Waals surface area contributed by atoms with Crippen LogP contribution in [0.15, 0.2) is 24.3 Å². The first-order valence-electron chi connectivity index (χ1n) is 5.93. The van der Waals surface area contributed by atoms with Crippen molar-refractivity contribution in [2.24, 2.45) is 0 Å². The predicted molar refractivity (Wildman–Crippen MR) is 77.9 cm³/mol. The van der Waals surface area contributed by atoms with Gasteiger partial charge in [-0.2, -0.15) is 18.2 Å². The van der Waals surface area contributed by atoms with Crippen LogP contribution in [0, 0.1) is 0 Å². The highest BCUT2D eigenvalue weighted by molar-refractivity contribution is 6.34. The summed E-state index contributed by atoms with van der Waals surface area (Å²) in [5.74, 6) is -0.212. The lowest BCUT2D eigenvalue weighted by atomic mass is 10.3. The zero-order valence-corrected chi connectivity index (χ0v) is 13.0. The molecule has 1 aromatic carbocycles. The summed E-state index contributed by atoms with van der Waals surface area (Å²) in [4.78, 5) is 8.69. The van der Waals surface area contributed by atoms with Crippen LogP contribution >= 0.6 is 23.2 Å². The molecule has 0 bridgehead atoms. The second kappa shape index (κ2) is 6.18. The number of halogens is 5. The number of benzene rings is 1. The van der Waals surface area contributed by atoms with Crippen LogP contribution in [0.5, 0.6) is 11.6 Å². The second-order valence-electron chi connectivity index (χ2n) is 4.49. The molecule has 0 spiro atoms. The van der Waals surface area contributed by atoms with Gasteiger partial charge in [0.1, 0.15) is 5.75 Å². The standard InChI is InChI=1S/C13H10Cl2F3N3O/c1-21(2)12-19-10(13(16,17)18)6-11(20-12)22-9-4-7(14)3-8(15)5-9/h3-6H,1-2H3. The number of anilines is 1. The van der Waals surface area contributed by atoms with Crippen molar-refractivity contribution in [2.75, 3.05) is 19.0 Å². The molecule has 22 heavy (non-hydrogen) atoms. The van der Waals surface area contributed by atoms with Crippen molar-refractivity contribution in [3.8, 4) is 11.6 Å². The van der Waals surface area contributed by atoms with Crippen LogP contribution in [0.1, 0.15) is 5.69 Å². The van der Waals surface area contributed by atoms with E-state index in [9.17, 15) is 13.2 Å². The summed E-state index contributed by atoms with van der Waals surface area (Å²) in [7, 11) is 3.05. The lowest BCUT2D eigenvalue weighted by Crippen LogP contribution is -2.17. The van der Waals surface area contributed by atoms with E-state index in [0.717, 1.165) is 0 Å². The van der Waals surface area contributed by atoms with Gasteiger partial charge in [0.2, 0.25) is 11.8 Å². The summed E-state index contributed by atoms with van der Waals surface area (Å²) in [5.41, 5.74) is -1.10. The molecule has 0 radical (unpaired) electrons. The number of hydrogen-bond donors (Lipinski definition) is 0. The van der Waals surface area contributed by atoms with E-state index in [-0.39, 0.29) is 17.6 Å². The van der Waals surface area contributed by atoms with Crippen LogP contribution in [0.2, 0.25) is 10.0 Å². The molecule has 118 valence electrons. The van der Waals surface area contributed by atoms with Gasteiger partial charge < -0.3 is 9.64 Å². The number of nitrogens with zero attached hydrogens (tertiary/aromatic N) is 3. The summed E-state index contributed by atoms with van der Waals surface area (Å²) in [6.45, 7) is 0. The van der Waals surface area contributed by atoms with Gasteiger partial charge >= 0.3 is 6.18 Å². The molecule has 0 unspecified atom stereocenters. The molecule has 2 aromatic rings.